The molecule has 11 aliphatic rings. The number of halogens is 3. The average Bonchev–Trinajstić information content (AvgIpc) is 1.93. The summed E-state index contributed by atoms with van der Waals surface area (Å²) in [6.45, 7) is 2.08. The first-order valence-corrected chi connectivity index (χ1v) is 31.1. The number of para-hydroxylation sites is 1. The lowest BCUT2D eigenvalue weighted by molar-refractivity contribution is -0.0399. The van der Waals surface area contributed by atoms with Gasteiger partial charge in [0.1, 0.15) is 0 Å². The Hall–Kier alpha value is -6.35. The van der Waals surface area contributed by atoms with Crippen molar-refractivity contribution in [3.8, 4) is 39.1 Å². The number of hydrogen-bond acceptors (Lipinski definition) is 0. The molecule has 1 heterocycles. The summed E-state index contributed by atoms with van der Waals surface area (Å²) in [5, 5.41) is 5.02. The number of benzene rings is 9. The van der Waals surface area contributed by atoms with E-state index in [1.54, 1.807) is 22.3 Å². The highest BCUT2D eigenvalue weighted by Crippen LogP contribution is 2.71. The van der Waals surface area contributed by atoms with E-state index in [9.17, 15) is 0 Å². The van der Waals surface area contributed by atoms with E-state index in [2.05, 4.69) is 181 Å². The van der Waals surface area contributed by atoms with Crippen molar-refractivity contribution in [1.29, 1.82) is 0 Å². The van der Waals surface area contributed by atoms with E-state index in [-0.39, 0.29) is 18.3 Å². The molecular weight excluding hydrogens is 1050 g/mol. The van der Waals surface area contributed by atoms with E-state index < -0.39 is 0 Å². The van der Waals surface area contributed by atoms with Crippen LogP contribution in [-0.4, -0.2) is 4.57 Å². The Morgan fingerprint density at radius 3 is 1.40 bits per heavy atom. The number of nitrogens with zero attached hydrogens (tertiary/aromatic N) is 1. The topological polar surface area (TPSA) is 4.93 Å². The summed E-state index contributed by atoms with van der Waals surface area (Å²) in [6.07, 6.45) is 15.5. The summed E-state index contributed by atoms with van der Waals surface area (Å²) in [5.41, 5.74) is 23.3. The Morgan fingerprint density at radius 2 is 0.790 bits per heavy atom. The number of hydrogen-bond donors (Lipinski definition) is 0. The molecule has 10 aromatic rings. The van der Waals surface area contributed by atoms with E-state index >= 15 is 0 Å². The van der Waals surface area contributed by atoms with Crippen LogP contribution in [0, 0.1) is 54.3 Å². The van der Waals surface area contributed by atoms with Crippen LogP contribution in [0.5, 0.6) is 0 Å². The van der Waals surface area contributed by atoms with Gasteiger partial charge in [0.05, 0.1) is 11.0 Å². The van der Waals surface area contributed by atoms with Gasteiger partial charge in [-0.1, -0.05) is 187 Å². The quantitative estimate of drug-likeness (QED) is 0.154. The van der Waals surface area contributed by atoms with Crippen LogP contribution >= 0.6 is 34.8 Å². The summed E-state index contributed by atoms with van der Waals surface area (Å²) in [6, 6.07) is 72.6. The van der Waals surface area contributed by atoms with Crippen LogP contribution in [0.2, 0.25) is 15.1 Å². The third kappa shape index (κ3) is 7.98. The second kappa shape index (κ2) is 19.9. The first-order chi connectivity index (χ1) is 39.2. The molecule has 8 bridgehead atoms. The maximum absolute atomic E-state index is 6.46. The maximum atomic E-state index is 6.46. The lowest BCUT2D eigenvalue weighted by Crippen LogP contribution is -2.55. The van der Waals surface area contributed by atoms with Gasteiger partial charge < -0.3 is 4.57 Å². The third-order valence-electron chi connectivity index (χ3n) is 21.6. The van der Waals surface area contributed by atoms with Gasteiger partial charge in [-0.15, -0.1) is 0 Å². The third-order valence-corrected chi connectivity index (χ3v) is 22.4. The van der Waals surface area contributed by atoms with E-state index in [1.807, 2.05) is 30.3 Å². The molecule has 0 radical (unpaired) electrons. The number of rotatable bonds is 1. The van der Waals surface area contributed by atoms with Crippen LogP contribution < -0.4 is 0 Å². The molecule has 0 atom stereocenters. The minimum absolute atomic E-state index is 0. The van der Waals surface area contributed by atoms with E-state index in [0.29, 0.717) is 0 Å². The Morgan fingerprint density at radius 1 is 0.346 bits per heavy atom. The van der Waals surface area contributed by atoms with Crippen molar-refractivity contribution in [3.63, 3.8) is 0 Å². The molecule has 2 spiro atoms. The SMILES string of the molecule is C.Cc1ccccc1.Clc1ccc2c(c1)-c1ccccc1C2.Clc1ccc2c(c1)C1(c3ccccc3-2)C2CC3CC(C2)CC1C3.Clc1ccc2c(c1)c1ccccc1n2-c1ccc2c(c1)C1(c3ccccc3-2)C2CC3CC(C2)CC1C3. The fraction of sp³-hybridized carbons (Fsp3) is 0.299. The summed E-state index contributed by atoms with van der Waals surface area (Å²) < 4.78 is 2.47. The minimum Gasteiger partial charge on any atom is -0.309 e. The lowest BCUT2D eigenvalue weighted by atomic mass is 9.43. The maximum Gasteiger partial charge on any atom is 0.0542 e. The van der Waals surface area contributed by atoms with Crippen LogP contribution in [0.1, 0.15) is 111 Å². The van der Waals surface area contributed by atoms with Gasteiger partial charge >= 0.3 is 0 Å². The van der Waals surface area contributed by atoms with Crippen LogP contribution in [-0.2, 0) is 17.3 Å². The van der Waals surface area contributed by atoms with Gasteiger partial charge in [-0.2, -0.15) is 0 Å². The van der Waals surface area contributed by atoms with Crippen molar-refractivity contribution in [2.45, 2.75) is 95.8 Å². The van der Waals surface area contributed by atoms with Crippen molar-refractivity contribution in [2.75, 3.05) is 0 Å². The first kappa shape index (κ1) is 51.5. The highest BCUT2D eigenvalue weighted by molar-refractivity contribution is 6.32. The summed E-state index contributed by atoms with van der Waals surface area (Å²) in [5.74, 6) is 7.14. The second-order valence-electron chi connectivity index (χ2n) is 25.7. The van der Waals surface area contributed by atoms with Gasteiger partial charge in [0.15, 0.2) is 0 Å². The molecule has 8 fully saturated rings. The van der Waals surface area contributed by atoms with Crippen molar-refractivity contribution >= 4 is 56.6 Å². The molecule has 21 rings (SSSR count). The average molecular weight is 1120 g/mol. The summed E-state index contributed by atoms with van der Waals surface area (Å²) >= 11 is 18.9. The van der Waals surface area contributed by atoms with Crippen LogP contribution in [0.4, 0.5) is 0 Å². The number of fused-ring (bicyclic) bond motifs is 12. The molecule has 0 N–H and O–H groups in total. The Kier molecular flexibility index (Phi) is 12.7. The van der Waals surface area contributed by atoms with Crippen molar-refractivity contribution in [3.05, 3.63) is 254 Å². The Balaban J connectivity index is 0.000000107. The van der Waals surface area contributed by atoms with Gasteiger partial charge in [0.25, 0.3) is 0 Å². The zero-order valence-electron chi connectivity index (χ0n) is 45.5. The second-order valence-corrected chi connectivity index (χ2v) is 27.0. The molecule has 0 unspecified atom stereocenters. The molecule has 4 heteroatoms. The predicted molar refractivity (Wildman–Crippen MR) is 341 cm³/mol. The molecule has 0 saturated heterocycles. The minimum atomic E-state index is 0. The van der Waals surface area contributed by atoms with Crippen LogP contribution in [0.25, 0.3) is 60.9 Å². The molecule has 1 aromatic heterocycles. The van der Waals surface area contributed by atoms with Crippen molar-refractivity contribution in [1.82, 2.24) is 4.57 Å². The van der Waals surface area contributed by atoms with Crippen LogP contribution in [0.3, 0.4) is 0 Å². The van der Waals surface area contributed by atoms with Gasteiger partial charge in [-0.05, 0) is 252 Å². The molecule has 9 aromatic carbocycles. The van der Waals surface area contributed by atoms with Crippen molar-refractivity contribution < 1.29 is 0 Å². The van der Waals surface area contributed by atoms with Crippen LogP contribution in [0.15, 0.2) is 200 Å². The molecule has 81 heavy (non-hydrogen) atoms. The molecule has 0 amide bonds. The molecular formula is C77H70Cl3N. The Labute approximate surface area is 494 Å². The number of aryl methyl sites for hydroxylation is 1. The lowest BCUT2D eigenvalue weighted by Gasteiger charge is -2.61. The molecule has 0 aliphatic heterocycles. The molecule has 1 nitrogen and oxygen atoms in total. The summed E-state index contributed by atoms with van der Waals surface area (Å²) in [7, 11) is 0. The molecule has 8 saturated carbocycles. The fourth-order valence-corrected chi connectivity index (χ4v) is 19.8. The standard InChI is InChI=1S/C34H28ClN.C22H21Cl.C13H9Cl.C7H8.CH4/c35-24-9-12-33-29(18-24)28-6-2-4-8-32(28)36(33)25-10-11-27-26-5-1-3-7-30(26)34(31(27)19-25)22-14-20-13-21(16-22)17-23(34)15-20;23-17-5-6-19-18-3-1-2-4-20(18)22(21(19)12-17)15-8-13-7-14(10-15)11-16(22)9-13;14-11-6-5-10-7-9-3-1-2-4-12(9)13(10)8-11;1-7-5-3-2-4-6-7;/h1-12,18-23H,13-17H2;1-6,12-16H,7-11H2;1-6,8H,7H2;2-6H,1H3;1H4. The van der Waals surface area contributed by atoms with E-state index in [4.69, 9.17) is 34.8 Å². The zero-order chi connectivity index (χ0) is 53.4. The zero-order valence-corrected chi connectivity index (χ0v) is 47.8. The number of aromatic nitrogens is 1. The molecule has 11 aliphatic carbocycles. The molecule has 404 valence electrons. The smallest absolute Gasteiger partial charge is 0.0542 e. The van der Waals surface area contributed by atoms with Gasteiger partial charge in [0, 0.05) is 42.4 Å². The van der Waals surface area contributed by atoms with E-state index in [1.165, 1.54) is 142 Å². The monoisotopic (exact) mass is 1110 g/mol. The Bertz CT molecular complexity index is 4030. The summed E-state index contributed by atoms with van der Waals surface area (Å²) in [4.78, 5) is 0. The highest BCUT2D eigenvalue weighted by atomic mass is 35.5. The first-order valence-electron chi connectivity index (χ1n) is 29.9. The van der Waals surface area contributed by atoms with Gasteiger partial charge in [-0.25, -0.2) is 0 Å². The predicted octanol–water partition coefficient (Wildman–Crippen LogP) is 21.8. The van der Waals surface area contributed by atoms with Gasteiger partial charge in [-0.3, -0.25) is 0 Å². The van der Waals surface area contributed by atoms with E-state index in [0.717, 1.165) is 68.8 Å². The largest absolute Gasteiger partial charge is 0.309 e. The normalized spacial score (nSPS) is 27.0. The fourth-order valence-electron chi connectivity index (χ4n) is 19.3. The highest BCUT2D eigenvalue weighted by Gasteiger charge is 2.63. The van der Waals surface area contributed by atoms with Crippen molar-refractivity contribution in [2.24, 2.45) is 47.3 Å². The van der Waals surface area contributed by atoms with Gasteiger partial charge in [0.2, 0.25) is 0 Å².